The largest absolute Gasteiger partial charge is 0.472 e. The van der Waals surface area contributed by atoms with Gasteiger partial charge in [-0.15, -0.1) is 0 Å². The van der Waals surface area contributed by atoms with Crippen molar-refractivity contribution in [3.05, 3.63) is 35.8 Å². The van der Waals surface area contributed by atoms with E-state index >= 15 is 0 Å². The molecule has 198 valence electrons. The van der Waals surface area contributed by atoms with E-state index in [1.54, 1.807) is 6.26 Å². The summed E-state index contributed by atoms with van der Waals surface area (Å²) in [6.45, 7) is 14.1. The van der Waals surface area contributed by atoms with E-state index in [-0.39, 0.29) is 46.8 Å². The van der Waals surface area contributed by atoms with Crippen molar-refractivity contribution in [2.24, 2.45) is 33.5 Å². The number of hydrogen-bond acceptors (Lipinski definition) is 6. The summed E-state index contributed by atoms with van der Waals surface area (Å²) in [5.41, 5.74) is 1.36. The molecule has 1 aromatic rings. The standard InChI is InChI=1S/C30H42O6/c1-17(31)35-25-15-24(33)29(6)22-10-12-28(5)20(19-11-13-34-16-19)8-9-21(28)30(22,7)26(36-18(2)32)14-23(29)27(25,3)4/h9,11,13,16,20,22-26,33H,8,10,12,14-15H2,1-7H3/t20-,22+,23+,24+,25-,26+,28+,29-,30-/m1/s1. The molecule has 0 aliphatic heterocycles. The summed E-state index contributed by atoms with van der Waals surface area (Å²) >= 11 is 0. The Morgan fingerprint density at radius 2 is 1.67 bits per heavy atom. The van der Waals surface area contributed by atoms with E-state index < -0.39 is 16.9 Å². The van der Waals surface area contributed by atoms with Gasteiger partial charge in [0.2, 0.25) is 0 Å². The molecule has 4 aliphatic carbocycles. The Labute approximate surface area is 214 Å². The number of aliphatic hydroxyl groups is 1. The van der Waals surface area contributed by atoms with E-state index in [0.29, 0.717) is 18.8 Å². The average molecular weight is 499 g/mol. The van der Waals surface area contributed by atoms with Gasteiger partial charge in [0.15, 0.2) is 0 Å². The molecule has 0 bridgehead atoms. The van der Waals surface area contributed by atoms with Crippen LogP contribution in [-0.2, 0) is 19.1 Å². The molecule has 0 aromatic carbocycles. The van der Waals surface area contributed by atoms with Crippen molar-refractivity contribution in [3.63, 3.8) is 0 Å². The lowest BCUT2D eigenvalue weighted by Gasteiger charge is -2.69. The molecule has 0 amide bonds. The zero-order valence-electron chi connectivity index (χ0n) is 22.8. The van der Waals surface area contributed by atoms with Crippen LogP contribution < -0.4 is 0 Å². The number of ether oxygens (including phenoxy) is 2. The Balaban J connectivity index is 1.61. The van der Waals surface area contributed by atoms with Gasteiger partial charge in [-0.25, -0.2) is 0 Å². The Morgan fingerprint density at radius 1 is 1.00 bits per heavy atom. The first-order chi connectivity index (χ1) is 16.8. The van der Waals surface area contributed by atoms with E-state index in [9.17, 15) is 14.7 Å². The molecule has 0 spiro atoms. The molecule has 0 unspecified atom stereocenters. The topological polar surface area (TPSA) is 86.0 Å². The highest BCUT2D eigenvalue weighted by Gasteiger charge is 2.71. The molecule has 9 atom stereocenters. The molecule has 6 heteroatoms. The van der Waals surface area contributed by atoms with Crippen LogP contribution >= 0.6 is 0 Å². The van der Waals surface area contributed by atoms with Crippen LogP contribution in [0, 0.1) is 33.5 Å². The van der Waals surface area contributed by atoms with Crippen LogP contribution in [0.2, 0.25) is 0 Å². The van der Waals surface area contributed by atoms with Crippen molar-refractivity contribution < 1.29 is 28.6 Å². The van der Waals surface area contributed by atoms with Crippen LogP contribution in [0.5, 0.6) is 0 Å². The first kappa shape index (κ1) is 25.6. The van der Waals surface area contributed by atoms with Crippen molar-refractivity contribution in [3.8, 4) is 0 Å². The second-order valence-electron chi connectivity index (χ2n) is 13.2. The number of allylic oxidation sites excluding steroid dienone is 1. The van der Waals surface area contributed by atoms with Crippen molar-refractivity contribution >= 4 is 11.9 Å². The minimum atomic E-state index is -0.612. The molecular formula is C30H42O6. The van der Waals surface area contributed by atoms with Crippen LogP contribution in [0.25, 0.3) is 0 Å². The van der Waals surface area contributed by atoms with Gasteiger partial charge in [-0.05, 0) is 60.5 Å². The molecule has 4 aliphatic rings. The number of carbonyl (C=O) groups excluding carboxylic acids is 2. The summed E-state index contributed by atoms with van der Waals surface area (Å²) in [7, 11) is 0. The first-order valence-electron chi connectivity index (χ1n) is 13.5. The SMILES string of the molecule is CC(=O)O[C@H]1C[C@H]2C(C)(C)[C@H](OC(C)=O)C[C@H](O)[C@]2(C)[C@@H]2CC[C@]3(C)C(=CC[C@@H]3c3ccoc3)[C@@]12C. The second kappa shape index (κ2) is 8.21. The summed E-state index contributed by atoms with van der Waals surface area (Å²) in [5.74, 6) is -0.115. The molecule has 6 nitrogen and oxygen atoms in total. The minimum absolute atomic E-state index is 0.0246. The predicted octanol–water partition coefficient (Wildman–Crippen LogP) is 5.80. The number of furan rings is 1. The molecule has 1 heterocycles. The van der Waals surface area contributed by atoms with Crippen LogP contribution in [-0.4, -0.2) is 35.4 Å². The quantitative estimate of drug-likeness (QED) is 0.419. The Kier molecular flexibility index (Phi) is 5.83. The normalized spacial score (nSPS) is 45.1. The highest BCUT2D eigenvalue weighted by atomic mass is 16.5. The van der Waals surface area contributed by atoms with Crippen LogP contribution in [0.15, 0.2) is 34.7 Å². The van der Waals surface area contributed by atoms with Gasteiger partial charge in [-0.2, -0.15) is 0 Å². The fourth-order valence-corrected chi connectivity index (χ4v) is 9.61. The fraction of sp³-hybridized carbons (Fsp3) is 0.733. The first-order valence-corrected chi connectivity index (χ1v) is 13.5. The summed E-state index contributed by atoms with van der Waals surface area (Å²) in [6, 6.07) is 2.07. The van der Waals surface area contributed by atoms with Crippen LogP contribution in [0.3, 0.4) is 0 Å². The van der Waals surface area contributed by atoms with Crippen LogP contribution in [0.1, 0.15) is 92.1 Å². The fourth-order valence-electron chi connectivity index (χ4n) is 9.61. The lowest BCUT2D eigenvalue weighted by molar-refractivity contribution is -0.257. The summed E-state index contributed by atoms with van der Waals surface area (Å²) in [5, 5.41) is 11.8. The van der Waals surface area contributed by atoms with Gasteiger partial charge in [0.25, 0.3) is 0 Å². The van der Waals surface area contributed by atoms with E-state index in [0.717, 1.165) is 19.3 Å². The molecule has 1 aromatic heterocycles. The number of fused-ring (bicyclic) bond motifs is 5. The Morgan fingerprint density at radius 3 is 2.28 bits per heavy atom. The van der Waals surface area contributed by atoms with Gasteiger partial charge in [-0.3, -0.25) is 9.59 Å². The molecule has 3 saturated carbocycles. The highest BCUT2D eigenvalue weighted by Crippen LogP contribution is 2.74. The molecule has 3 fully saturated rings. The third-order valence-electron chi connectivity index (χ3n) is 11.3. The van der Waals surface area contributed by atoms with E-state index in [4.69, 9.17) is 13.9 Å². The summed E-state index contributed by atoms with van der Waals surface area (Å²) in [4.78, 5) is 24.4. The van der Waals surface area contributed by atoms with Gasteiger partial charge >= 0.3 is 11.9 Å². The van der Waals surface area contributed by atoms with Crippen LogP contribution in [0.4, 0.5) is 0 Å². The monoisotopic (exact) mass is 498 g/mol. The number of aliphatic hydroxyl groups excluding tert-OH is 1. The maximum atomic E-state index is 12.5. The van der Waals surface area contributed by atoms with Gasteiger partial charge in [0.05, 0.1) is 18.6 Å². The maximum absolute atomic E-state index is 12.5. The van der Waals surface area contributed by atoms with E-state index in [2.05, 4.69) is 46.8 Å². The number of rotatable bonds is 3. The van der Waals surface area contributed by atoms with Crippen molar-refractivity contribution in [2.45, 2.75) is 105 Å². The number of hydrogen-bond donors (Lipinski definition) is 1. The molecule has 0 radical (unpaired) electrons. The van der Waals surface area contributed by atoms with Crippen molar-refractivity contribution in [1.82, 2.24) is 0 Å². The molecule has 0 saturated heterocycles. The lowest BCUT2D eigenvalue weighted by Crippen LogP contribution is -2.69. The summed E-state index contributed by atoms with van der Waals surface area (Å²) < 4.78 is 17.4. The Bertz CT molecular complexity index is 1070. The van der Waals surface area contributed by atoms with E-state index in [1.165, 1.54) is 25.0 Å². The van der Waals surface area contributed by atoms with Gasteiger partial charge in [0.1, 0.15) is 12.2 Å². The lowest BCUT2D eigenvalue weighted by atomic mass is 9.36. The minimum Gasteiger partial charge on any atom is -0.472 e. The van der Waals surface area contributed by atoms with E-state index in [1.807, 2.05) is 6.26 Å². The molecule has 5 rings (SSSR count). The number of esters is 2. The third-order valence-corrected chi connectivity index (χ3v) is 11.3. The van der Waals surface area contributed by atoms with Crippen molar-refractivity contribution in [1.29, 1.82) is 0 Å². The summed E-state index contributed by atoms with van der Waals surface area (Å²) in [6.07, 6.45) is 8.65. The third kappa shape index (κ3) is 3.32. The predicted molar refractivity (Wildman–Crippen MR) is 135 cm³/mol. The molecular weight excluding hydrogens is 456 g/mol. The average Bonchev–Trinajstić information content (AvgIpc) is 3.41. The molecule has 1 N–H and O–H groups in total. The van der Waals surface area contributed by atoms with Gasteiger partial charge in [0, 0.05) is 36.5 Å². The maximum Gasteiger partial charge on any atom is 0.302 e. The second-order valence-corrected chi connectivity index (χ2v) is 13.2. The Hall–Kier alpha value is -2.08. The van der Waals surface area contributed by atoms with Crippen molar-refractivity contribution in [2.75, 3.05) is 0 Å². The van der Waals surface area contributed by atoms with Gasteiger partial charge in [-0.1, -0.05) is 46.3 Å². The smallest absolute Gasteiger partial charge is 0.302 e. The number of carbonyl (C=O) groups is 2. The molecule has 36 heavy (non-hydrogen) atoms. The zero-order valence-corrected chi connectivity index (χ0v) is 22.8. The highest BCUT2D eigenvalue weighted by molar-refractivity contribution is 5.67. The zero-order chi connectivity index (χ0) is 26.3. The van der Waals surface area contributed by atoms with Gasteiger partial charge < -0.3 is 19.0 Å².